The highest BCUT2D eigenvalue weighted by Crippen LogP contribution is 2.29. The number of rotatable bonds is 3. The fourth-order valence-corrected chi connectivity index (χ4v) is 2.75. The molecule has 1 amide bonds. The van der Waals surface area contributed by atoms with E-state index in [1.165, 1.54) is 0 Å². The number of hydrogen-bond donors (Lipinski definition) is 3. The van der Waals surface area contributed by atoms with Crippen LogP contribution >= 0.6 is 11.8 Å². The Morgan fingerprint density at radius 1 is 1.00 bits per heavy atom. The molecule has 0 heterocycles. The molecule has 5 N–H and O–H groups in total. The first kappa shape index (κ1) is 16.9. The molecule has 23 heavy (non-hydrogen) atoms. The number of amides is 1. The number of thioether (sulfide) groups is 1. The van der Waals surface area contributed by atoms with Gasteiger partial charge in [-0.2, -0.15) is 0 Å². The molecule has 4 nitrogen and oxygen atoms in total. The fourth-order valence-electron chi connectivity index (χ4n) is 2.29. The standard InChI is InChI=1S/C18H15NO2S.H3N/c1-22-15-8-4-7-14(9-15)18(21)19-16-10-12-5-2-3-6-13(12)11-17(16)20;/h2-11,20H,1H3,(H,19,21);1H3. The van der Waals surface area contributed by atoms with Crippen LogP contribution < -0.4 is 11.5 Å². The average molecular weight is 326 g/mol. The summed E-state index contributed by atoms with van der Waals surface area (Å²) in [7, 11) is 0. The lowest BCUT2D eigenvalue weighted by Crippen LogP contribution is -2.12. The zero-order chi connectivity index (χ0) is 15.5. The maximum atomic E-state index is 12.3. The van der Waals surface area contributed by atoms with Gasteiger partial charge in [0, 0.05) is 10.5 Å². The summed E-state index contributed by atoms with van der Waals surface area (Å²) in [5.41, 5.74) is 0.984. The first-order valence-corrected chi connectivity index (χ1v) is 8.07. The molecule has 3 aromatic rings. The maximum absolute atomic E-state index is 12.3. The number of benzene rings is 3. The van der Waals surface area contributed by atoms with E-state index in [9.17, 15) is 9.90 Å². The van der Waals surface area contributed by atoms with Crippen LogP contribution in [0.2, 0.25) is 0 Å². The molecule has 0 bridgehead atoms. The number of hydrogen-bond acceptors (Lipinski definition) is 4. The van der Waals surface area contributed by atoms with E-state index < -0.39 is 0 Å². The lowest BCUT2D eigenvalue weighted by Gasteiger charge is -2.09. The van der Waals surface area contributed by atoms with Crippen LogP contribution in [0.5, 0.6) is 5.75 Å². The second kappa shape index (κ2) is 7.17. The molecule has 3 rings (SSSR count). The van der Waals surface area contributed by atoms with Crippen LogP contribution in [0.25, 0.3) is 10.8 Å². The molecule has 118 valence electrons. The zero-order valence-corrected chi connectivity index (χ0v) is 13.6. The molecule has 0 aromatic heterocycles. The van der Waals surface area contributed by atoms with Crippen molar-refractivity contribution < 1.29 is 9.90 Å². The van der Waals surface area contributed by atoms with Crippen molar-refractivity contribution in [1.29, 1.82) is 0 Å². The smallest absolute Gasteiger partial charge is 0.255 e. The van der Waals surface area contributed by atoms with Crippen molar-refractivity contribution in [2.24, 2.45) is 0 Å². The SMILES string of the molecule is CSc1cccc(C(=O)Nc2cc3ccccc3cc2O)c1.N. The van der Waals surface area contributed by atoms with E-state index in [0.717, 1.165) is 15.7 Å². The van der Waals surface area contributed by atoms with Gasteiger partial charge >= 0.3 is 0 Å². The summed E-state index contributed by atoms with van der Waals surface area (Å²) in [5, 5.41) is 14.8. The second-order valence-corrected chi connectivity index (χ2v) is 5.78. The van der Waals surface area contributed by atoms with Crippen molar-refractivity contribution in [1.82, 2.24) is 6.15 Å². The Morgan fingerprint density at radius 2 is 1.70 bits per heavy atom. The third-order valence-corrected chi connectivity index (χ3v) is 4.17. The van der Waals surface area contributed by atoms with Crippen LogP contribution in [0.4, 0.5) is 5.69 Å². The van der Waals surface area contributed by atoms with Crippen molar-refractivity contribution in [2.45, 2.75) is 4.90 Å². The lowest BCUT2D eigenvalue weighted by molar-refractivity contribution is 0.102. The molecule has 0 saturated carbocycles. The first-order chi connectivity index (χ1) is 10.7. The van der Waals surface area contributed by atoms with Gasteiger partial charge in [-0.1, -0.05) is 30.3 Å². The summed E-state index contributed by atoms with van der Waals surface area (Å²) in [4.78, 5) is 13.4. The minimum Gasteiger partial charge on any atom is -0.506 e. The van der Waals surface area contributed by atoms with Gasteiger partial charge < -0.3 is 16.6 Å². The molecule has 0 saturated heterocycles. The minimum atomic E-state index is -0.235. The molecule has 5 heteroatoms. The van der Waals surface area contributed by atoms with E-state index >= 15 is 0 Å². The maximum Gasteiger partial charge on any atom is 0.255 e. The third-order valence-electron chi connectivity index (χ3n) is 3.44. The van der Waals surface area contributed by atoms with Gasteiger partial charge in [0.15, 0.2) is 0 Å². The number of aromatic hydroxyl groups is 1. The predicted octanol–water partition coefficient (Wildman–Crippen LogP) is 4.68. The van der Waals surface area contributed by atoms with Crippen LogP contribution in [-0.4, -0.2) is 17.3 Å². The molecule has 0 aliphatic rings. The highest BCUT2D eigenvalue weighted by molar-refractivity contribution is 7.98. The van der Waals surface area contributed by atoms with Crippen LogP contribution in [0, 0.1) is 0 Å². The second-order valence-electron chi connectivity index (χ2n) is 4.90. The molecule has 3 aromatic carbocycles. The molecule has 0 unspecified atom stereocenters. The predicted molar refractivity (Wildman–Crippen MR) is 96.8 cm³/mol. The van der Waals surface area contributed by atoms with E-state index in [4.69, 9.17) is 0 Å². The highest BCUT2D eigenvalue weighted by Gasteiger charge is 2.10. The summed E-state index contributed by atoms with van der Waals surface area (Å²) in [5.74, 6) is -0.172. The summed E-state index contributed by atoms with van der Waals surface area (Å²) < 4.78 is 0. The number of carbonyl (C=O) groups is 1. The number of anilines is 1. The van der Waals surface area contributed by atoms with Gasteiger partial charge in [0.25, 0.3) is 5.91 Å². The van der Waals surface area contributed by atoms with Gasteiger partial charge in [0.05, 0.1) is 5.69 Å². The number of carbonyl (C=O) groups excluding carboxylic acids is 1. The average Bonchev–Trinajstić information content (AvgIpc) is 2.55. The Bertz CT molecular complexity index is 849. The number of nitrogens with one attached hydrogen (secondary N) is 1. The largest absolute Gasteiger partial charge is 0.506 e. The van der Waals surface area contributed by atoms with Gasteiger partial charge in [-0.15, -0.1) is 11.8 Å². The van der Waals surface area contributed by atoms with E-state index in [2.05, 4.69) is 5.32 Å². The monoisotopic (exact) mass is 326 g/mol. The van der Waals surface area contributed by atoms with Gasteiger partial charge in [-0.05, 0) is 47.4 Å². The summed E-state index contributed by atoms with van der Waals surface area (Å²) in [6.45, 7) is 0. The minimum absolute atomic E-state index is 0. The van der Waals surface area contributed by atoms with Gasteiger partial charge in [0.1, 0.15) is 5.75 Å². The third kappa shape index (κ3) is 3.64. The van der Waals surface area contributed by atoms with Gasteiger partial charge in [-0.3, -0.25) is 4.79 Å². The van der Waals surface area contributed by atoms with Crippen LogP contribution in [0.3, 0.4) is 0 Å². The number of phenols is 1. The van der Waals surface area contributed by atoms with E-state index in [1.807, 2.05) is 48.7 Å². The van der Waals surface area contributed by atoms with E-state index in [0.29, 0.717) is 11.3 Å². The Balaban J connectivity index is 0.00000192. The molecule has 0 aliphatic heterocycles. The Labute approximate surface area is 139 Å². The van der Waals surface area contributed by atoms with Crippen LogP contribution in [0.1, 0.15) is 10.4 Å². The molecular weight excluding hydrogens is 308 g/mol. The van der Waals surface area contributed by atoms with Crippen molar-refractivity contribution >= 4 is 34.1 Å². The lowest BCUT2D eigenvalue weighted by atomic mass is 10.1. The van der Waals surface area contributed by atoms with E-state index in [1.54, 1.807) is 30.0 Å². The molecule has 0 spiro atoms. The fraction of sp³-hybridized carbons (Fsp3) is 0.0556. The normalized spacial score (nSPS) is 10.1. The molecule has 0 aliphatic carbocycles. The van der Waals surface area contributed by atoms with Crippen molar-refractivity contribution in [3.05, 3.63) is 66.2 Å². The first-order valence-electron chi connectivity index (χ1n) is 6.84. The Hall–Kier alpha value is -2.50. The Kier molecular flexibility index (Phi) is 5.26. The molecule has 0 atom stereocenters. The van der Waals surface area contributed by atoms with Crippen molar-refractivity contribution in [3.63, 3.8) is 0 Å². The van der Waals surface area contributed by atoms with Crippen molar-refractivity contribution in [3.8, 4) is 5.75 Å². The Morgan fingerprint density at radius 3 is 2.39 bits per heavy atom. The van der Waals surface area contributed by atoms with Crippen LogP contribution in [0.15, 0.2) is 65.6 Å². The van der Waals surface area contributed by atoms with Gasteiger partial charge in [0.2, 0.25) is 0 Å². The molecule has 0 radical (unpaired) electrons. The van der Waals surface area contributed by atoms with E-state index in [-0.39, 0.29) is 17.8 Å². The molecule has 0 fully saturated rings. The summed E-state index contributed by atoms with van der Waals surface area (Å²) in [6, 6.07) is 18.5. The number of phenolic OH excluding ortho intramolecular Hbond substituents is 1. The van der Waals surface area contributed by atoms with Crippen LogP contribution in [-0.2, 0) is 0 Å². The molecular formula is C18H18N2O2S. The quantitative estimate of drug-likeness (QED) is 0.482. The summed E-state index contributed by atoms with van der Waals surface area (Å²) >= 11 is 1.58. The highest BCUT2D eigenvalue weighted by atomic mass is 32.2. The number of fused-ring (bicyclic) bond motifs is 1. The summed E-state index contributed by atoms with van der Waals surface area (Å²) in [6.07, 6.45) is 1.96. The van der Waals surface area contributed by atoms with Crippen molar-refractivity contribution in [2.75, 3.05) is 11.6 Å². The zero-order valence-electron chi connectivity index (χ0n) is 12.7. The van der Waals surface area contributed by atoms with Gasteiger partial charge in [-0.25, -0.2) is 0 Å². The topological polar surface area (TPSA) is 84.3 Å².